The van der Waals surface area contributed by atoms with Gasteiger partial charge in [-0.2, -0.15) is 13.2 Å². The summed E-state index contributed by atoms with van der Waals surface area (Å²) in [5.74, 6) is -0.699. The van der Waals surface area contributed by atoms with Crippen LogP contribution < -0.4 is 5.32 Å². The first-order chi connectivity index (χ1) is 16.8. The third-order valence-electron chi connectivity index (χ3n) is 5.86. The minimum atomic E-state index is -4.26. The van der Waals surface area contributed by atoms with E-state index in [2.05, 4.69) is 10.3 Å². The molecule has 2 aromatic rings. The maximum atomic E-state index is 14.9. The van der Waals surface area contributed by atoms with E-state index in [0.29, 0.717) is 37.2 Å². The molecule has 1 aromatic heterocycles. The molecule has 0 saturated carbocycles. The van der Waals surface area contributed by atoms with E-state index in [1.165, 1.54) is 29.0 Å². The van der Waals surface area contributed by atoms with Crippen molar-refractivity contribution in [1.82, 2.24) is 14.9 Å². The Hall–Kier alpha value is -2.14. The number of aromatic nitrogens is 2. The third-order valence-corrected chi connectivity index (χ3v) is 7.24. The molecule has 202 valence electrons. The van der Waals surface area contributed by atoms with Crippen LogP contribution >= 0.6 is 11.6 Å². The van der Waals surface area contributed by atoms with Crippen molar-refractivity contribution in [3.63, 3.8) is 0 Å². The molecule has 1 N–H and O–H groups in total. The summed E-state index contributed by atoms with van der Waals surface area (Å²) in [5.41, 5.74) is 0.414. The van der Waals surface area contributed by atoms with E-state index in [9.17, 15) is 30.8 Å². The minimum absolute atomic E-state index is 0.0511. The Morgan fingerprint density at radius 2 is 1.92 bits per heavy atom. The van der Waals surface area contributed by atoms with Crippen LogP contribution in [0.25, 0.3) is 5.69 Å². The molecule has 2 rings (SSSR count). The Bertz CT molecular complexity index is 1150. The maximum Gasteiger partial charge on any atom is 0.389 e. The van der Waals surface area contributed by atoms with Crippen LogP contribution in [0.2, 0.25) is 5.15 Å². The van der Waals surface area contributed by atoms with E-state index in [4.69, 9.17) is 11.6 Å². The predicted molar refractivity (Wildman–Crippen MR) is 132 cm³/mol. The monoisotopic (exact) mass is 553 g/mol. The van der Waals surface area contributed by atoms with Crippen LogP contribution in [-0.2, 0) is 22.7 Å². The van der Waals surface area contributed by atoms with Crippen molar-refractivity contribution in [2.24, 2.45) is 5.92 Å². The molecule has 0 saturated heterocycles. The van der Waals surface area contributed by atoms with Gasteiger partial charge in [-0.15, -0.1) is 0 Å². The van der Waals surface area contributed by atoms with E-state index in [1.807, 2.05) is 6.92 Å². The van der Waals surface area contributed by atoms with Crippen molar-refractivity contribution < 1.29 is 30.8 Å². The van der Waals surface area contributed by atoms with Crippen LogP contribution in [0.1, 0.15) is 67.8 Å². The molecular weight excluding hydrogens is 522 g/mol. The molecule has 0 spiro atoms. The van der Waals surface area contributed by atoms with Crippen molar-refractivity contribution in [2.45, 2.75) is 65.0 Å². The summed E-state index contributed by atoms with van der Waals surface area (Å²) < 4.78 is 76.1. The number of hydrogen-bond donors (Lipinski definition) is 1. The number of carbonyl (C=O) groups excluding carboxylic acids is 1. The van der Waals surface area contributed by atoms with Gasteiger partial charge in [0.1, 0.15) is 26.6 Å². The quantitative estimate of drug-likeness (QED) is 0.323. The Kier molecular flexibility index (Phi) is 10.8. The van der Waals surface area contributed by atoms with Crippen LogP contribution in [-0.4, -0.2) is 48.6 Å². The molecule has 0 bridgehead atoms. The molecule has 0 fully saturated rings. The lowest BCUT2D eigenvalue weighted by Gasteiger charge is -2.15. The smallest absolute Gasteiger partial charge is 0.350 e. The number of hydrogen-bond acceptors (Lipinski definition) is 4. The summed E-state index contributed by atoms with van der Waals surface area (Å²) >= 11 is 6.45. The molecule has 1 heterocycles. The zero-order valence-electron chi connectivity index (χ0n) is 20.6. The van der Waals surface area contributed by atoms with Gasteiger partial charge in [0.15, 0.2) is 5.69 Å². The second-order valence-corrected chi connectivity index (χ2v) is 11.5. The van der Waals surface area contributed by atoms with Crippen molar-refractivity contribution in [3.05, 3.63) is 46.3 Å². The van der Waals surface area contributed by atoms with Gasteiger partial charge >= 0.3 is 6.18 Å². The average molecular weight is 554 g/mol. The number of nitrogens with one attached hydrogen (secondary N) is 1. The molecule has 0 unspecified atom stereocenters. The number of nitrogens with zero attached hydrogens (tertiary/aromatic N) is 2. The van der Waals surface area contributed by atoms with E-state index < -0.39 is 34.2 Å². The molecule has 0 aliphatic heterocycles. The van der Waals surface area contributed by atoms with Gasteiger partial charge in [-0.3, -0.25) is 9.36 Å². The maximum absolute atomic E-state index is 14.9. The lowest BCUT2D eigenvalue weighted by atomic mass is 10.0. The molecule has 12 heteroatoms. The molecule has 1 amide bonds. The van der Waals surface area contributed by atoms with Gasteiger partial charge in [-0.25, -0.2) is 17.8 Å². The number of alkyl halides is 3. The fourth-order valence-corrected chi connectivity index (χ4v) is 4.86. The van der Waals surface area contributed by atoms with Crippen LogP contribution in [0.15, 0.2) is 18.2 Å². The highest BCUT2D eigenvalue weighted by atomic mass is 35.5. The largest absolute Gasteiger partial charge is 0.389 e. The van der Waals surface area contributed by atoms with Gasteiger partial charge in [0.05, 0.1) is 5.69 Å². The molecular formula is C24H32ClF4N3O3S. The molecule has 0 aliphatic rings. The van der Waals surface area contributed by atoms with Crippen LogP contribution in [0, 0.1) is 11.7 Å². The standard InChI is InChI=1S/C24H32ClF4N3O3S/c1-4-16(9-7-13-36(3,34)35)15-30-23(33)21-22(25)32(20(5-2)31-21)19-11-10-17(14-18(19)26)8-6-12-24(27,28)29/h10-11,14,16H,4-9,12-13,15H2,1-3H3,(H,30,33)/t16-/m1/s1. The molecule has 1 atom stereocenters. The number of halogens is 5. The molecule has 6 nitrogen and oxygen atoms in total. The van der Waals surface area contributed by atoms with Crippen LogP contribution in [0.3, 0.4) is 0 Å². The van der Waals surface area contributed by atoms with Crippen molar-refractivity contribution in [2.75, 3.05) is 18.6 Å². The van der Waals surface area contributed by atoms with Gasteiger partial charge in [-0.1, -0.05) is 37.9 Å². The average Bonchev–Trinajstić information content (AvgIpc) is 3.10. The van der Waals surface area contributed by atoms with E-state index in [-0.39, 0.29) is 41.0 Å². The Morgan fingerprint density at radius 3 is 2.47 bits per heavy atom. The normalized spacial score (nSPS) is 13.1. The number of benzene rings is 1. The topological polar surface area (TPSA) is 81.1 Å². The molecule has 36 heavy (non-hydrogen) atoms. The number of rotatable bonds is 13. The number of aryl methyl sites for hydroxylation is 2. The van der Waals surface area contributed by atoms with Crippen LogP contribution in [0.5, 0.6) is 0 Å². The van der Waals surface area contributed by atoms with Gasteiger partial charge in [-0.05, 0) is 49.3 Å². The molecule has 0 aliphatic carbocycles. The Morgan fingerprint density at radius 1 is 1.22 bits per heavy atom. The summed E-state index contributed by atoms with van der Waals surface area (Å²) in [5, 5.41) is 2.71. The van der Waals surface area contributed by atoms with Gasteiger partial charge in [0.25, 0.3) is 5.91 Å². The second kappa shape index (κ2) is 12.9. The lowest BCUT2D eigenvalue weighted by Crippen LogP contribution is -2.30. The minimum Gasteiger partial charge on any atom is -0.350 e. The predicted octanol–water partition coefficient (Wildman–Crippen LogP) is 5.69. The van der Waals surface area contributed by atoms with Gasteiger partial charge in [0.2, 0.25) is 0 Å². The summed E-state index contributed by atoms with van der Waals surface area (Å²) in [7, 11) is -3.05. The van der Waals surface area contributed by atoms with Crippen LogP contribution in [0.4, 0.5) is 17.6 Å². The number of imidazole rings is 1. The van der Waals surface area contributed by atoms with Gasteiger partial charge in [0, 0.05) is 31.4 Å². The first kappa shape index (κ1) is 30.1. The zero-order valence-corrected chi connectivity index (χ0v) is 22.2. The SMILES string of the molecule is CCc1nc(C(=O)NC[C@H](CC)CCCS(C)(=O)=O)c(Cl)n1-c1ccc(CCCC(F)(F)F)cc1F. The zero-order chi connectivity index (χ0) is 27.1. The first-order valence-electron chi connectivity index (χ1n) is 11.8. The summed E-state index contributed by atoms with van der Waals surface area (Å²) in [6.45, 7) is 4.03. The summed E-state index contributed by atoms with van der Waals surface area (Å²) in [4.78, 5) is 17.1. The number of amides is 1. The number of carbonyl (C=O) groups is 1. The van der Waals surface area contributed by atoms with Gasteiger partial charge < -0.3 is 5.32 Å². The lowest BCUT2D eigenvalue weighted by molar-refractivity contribution is -0.135. The highest BCUT2D eigenvalue weighted by Gasteiger charge is 2.26. The van der Waals surface area contributed by atoms with E-state index in [0.717, 1.165) is 6.42 Å². The molecule has 0 radical (unpaired) electrons. The fraction of sp³-hybridized carbons (Fsp3) is 0.583. The number of sulfone groups is 1. The fourth-order valence-electron chi connectivity index (χ4n) is 3.86. The highest BCUT2D eigenvalue weighted by Crippen LogP contribution is 2.28. The Labute approximate surface area is 214 Å². The van der Waals surface area contributed by atoms with Crippen molar-refractivity contribution in [1.29, 1.82) is 0 Å². The van der Waals surface area contributed by atoms with E-state index >= 15 is 0 Å². The van der Waals surface area contributed by atoms with E-state index in [1.54, 1.807) is 6.92 Å². The van der Waals surface area contributed by atoms with Crippen molar-refractivity contribution >= 4 is 27.3 Å². The highest BCUT2D eigenvalue weighted by molar-refractivity contribution is 7.90. The first-order valence-corrected chi connectivity index (χ1v) is 14.3. The summed E-state index contributed by atoms with van der Waals surface area (Å²) in [6.07, 6.45) is -1.88. The Balaban J connectivity index is 2.14. The van der Waals surface area contributed by atoms with Crippen molar-refractivity contribution in [3.8, 4) is 5.69 Å². The second-order valence-electron chi connectivity index (χ2n) is 8.87. The molecule has 1 aromatic carbocycles. The third kappa shape index (κ3) is 9.06. The summed E-state index contributed by atoms with van der Waals surface area (Å²) in [6, 6.07) is 4.12.